The minimum atomic E-state index is -1.14. The van der Waals surface area contributed by atoms with Crippen LogP contribution in [0.25, 0.3) is 0 Å². The van der Waals surface area contributed by atoms with E-state index in [0.717, 1.165) is 32.2 Å². The van der Waals surface area contributed by atoms with Crippen molar-refractivity contribution in [3.8, 4) is 0 Å². The molecule has 1 aromatic carbocycles. The molecule has 2 aliphatic heterocycles. The number of methoxy groups -OCH3 is 2. The lowest BCUT2D eigenvalue weighted by atomic mass is 9.90. The van der Waals surface area contributed by atoms with Gasteiger partial charge >= 0.3 is 5.97 Å². The molecule has 0 aromatic heterocycles. The SMILES string of the molecule is CCC.CCC(C)C(C(CC(=O)N1CCCC1C(OC)C(C)C(=O)NCC(=O)O)OC)N(C)C(=O)CNC(=O)C1CCCN1.Cc1ccccc1. The molecule has 290 valence electrons. The minimum absolute atomic E-state index is 0.00736. The van der Waals surface area contributed by atoms with E-state index in [9.17, 15) is 24.0 Å². The fourth-order valence-corrected chi connectivity index (χ4v) is 6.50. The second-order valence-corrected chi connectivity index (χ2v) is 13.5. The van der Waals surface area contributed by atoms with Crippen molar-refractivity contribution in [3.05, 3.63) is 35.9 Å². The summed E-state index contributed by atoms with van der Waals surface area (Å²) in [6, 6.07) is 9.20. The monoisotopic (exact) mass is 719 g/mol. The standard InChI is InChI=1S/C28H49N5O8.C7H8.C3H8/c1-7-17(2)25(32(4)23(35)15-30-28(39)19-10-8-12-29-19)21(40-5)14-22(34)33-13-9-11-20(33)26(41-6)18(3)27(38)31-16-24(36)37;1-7-5-3-2-4-6-7;1-3-2/h17-21,25-26,29H,7-16H2,1-6H3,(H,30,39)(H,31,38)(H,36,37);2-6H,1H3;3H2,1-2H3. The van der Waals surface area contributed by atoms with Crippen molar-refractivity contribution < 1.29 is 38.6 Å². The molecule has 51 heavy (non-hydrogen) atoms. The number of likely N-dealkylation sites (tertiary alicyclic amines) is 1. The molecule has 7 atom stereocenters. The van der Waals surface area contributed by atoms with Gasteiger partial charge in [0.05, 0.1) is 49.2 Å². The number of rotatable bonds is 16. The van der Waals surface area contributed by atoms with E-state index in [1.54, 1.807) is 23.8 Å². The predicted molar refractivity (Wildman–Crippen MR) is 198 cm³/mol. The van der Waals surface area contributed by atoms with Crippen LogP contribution in [0.4, 0.5) is 0 Å². The number of aliphatic carboxylic acids is 1. The summed E-state index contributed by atoms with van der Waals surface area (Å²) in [6.45, 7) is 12.6. The van der Waals surface area contributed by atoms with E-state index in [0.29, 0.717) is 13.0 Å². The Morgan fingerprint density at radius 3 is 2.12 bits per heavy atom. The molecule has 0 bridgehead atoms. The highest BCUT2D eigenvalue weighted by atomic mass is 16.5. The molecule has 3 rings (SSSR count). The highest BCUT2D eigenvalue weighted by Crippen LogP contribution is 2.29. The van der Waals surface area contributed by atoms with Gasteiger partial charge in [-0.3, -0.25) is 24.0 Å². The third-order valence-electron chi connectivity index (χ3n) is 9.45. The summed E-state index contributed by atoms with van der Waals surface area (Å²) >= 11 is 0. The second-order valence-electron chi connectivity index (χ2n) is 13.5. The molecule has 2 fully saturated rings. The number of ether oxygens (including phenoxy) is 2. The van der Waals surface area contributed by atoms with Crippen molar-refractivity contribution in [1.82, 2.24) is 25.8 Å². The third kappa shape index (κ3) is 15.3. The zero-order chi connectivity index (χ0) is 38.5. The van der Waals surface area contributed by atoms with Crippen LogP contribution in [0.1, 0.15) is 85.1 Å². The molecule has 7 unspecified atom stereocenters. The zero-order valence-corrected chi connectivity index (χ0v) is 32.4. The maximum Gasteiger partial charge on any atom is 0.322 e. The second kappa shape index (κ2) is 24.6. The molecule has 0 spiro atoms. The molecule has 0 radical (unpaired) electrons. The Bertz CT molecular complexity index is 1200. The van der Waals surface area contributed by atoms with Gasteiger partial charge in [0.1, 0.15) is 6.54 Å². The van der Waals surface area contributed by atoms with Crippen LogP contribution in [-0.2, 0) is 33.4 Å². The van der Waals surface area contributed by atoms with Gasteiger partial charge in [0.2, 0.25) is 23.6 Å². The summed E-state index contributed by atoms with van der Waals surface area (Å²) < 4.78 is 11.5. The molecule has 4 amide bonds. The van der Waals surface area contributed by atoms with E-state index in [2.05, 4.69) is 48.9 Å². The van der Waals surface area contributed by atoms with Crippen molar-refractivity contribution in [2.75, 3.05) is 47.4 Å². The molecular weight excluding hydrogens is 654 g/mol. The average molecular weight is 720 g/mol. The fraction of sp³-hybridized carbons (Fsp3) is 0.711. The number of likely N-dealkylation sites (N-methyl/N-ethyl adjacent to an activating group) is 1. The number of carbonyl (C=O) groups excluding carboxylic acids is 4. The Kier molecular flexibility index (Phi) is 21.9. The van der Waals surface area contributed by atoms with E-state index < -0.39 is 42.6 Å². The molecule has 0 aliphatic carbocycles. The average Bonchev–Trinajstić information content (AvgIpc) is 3.84. The van der Waals surface area contributed by atoms with E-state index in [-0.39, 0.29) is 48.7 Å². The Labute approximate surface area is 305 Å². The van der Waals surface area contributed by atoms with E-state index in [1.165, 1.54) is 26.2 Å². The van der Waals surface area contributed by atoms with Crippen LogP contribution in [0, 0.1) is 18.8 Å². The number of carboxylic acids is 1. The predicted octanol–water partition coefficient (Wildman–Crippen LogP) is 3.39. The number of nitrogens with one attached hydrogen (secondary N) is 3. The summed E-state index contributed by atoms with van der Waals surface area (Å²) in [5.74, 6) is -2.90. The molecule has 2 saturated heterocycles. The van der Waals surface area contributed by atoms with Crippen molar-refractivity contribution in [1.29, 1.82) is 0 Å². The van der Waals surface area contributed by atoms with Crippen LogP contribution >= 0.6 is 0 Å². The number of hydrogen-bond acceptors (Lipinski definition) is 8. The summed E-state index contributed by atoms with van der Waals surface area (Å²) in [7, 11) is 4.67. The summed E-state index contributed by atoms with van der Waals surface area (Å²) in [5, 5.41) is 17.1. The lowest BCUT2D eigenvalue weighted by Crippen LogP contribution is -2.54. The van der Waals surface area contributed by atoms with Gasteiger partial charge in [-0.1, -0.05) is 83.4 Å². The largest absolute Gasteiger partial charge is 0.480 e. The first-order valence-corrected chi connectivity index (χ1v) is 18.4. The molecule has 4 N–H and O–H groups in total. The van der Waals surface area contributed by atoms with Gasteiger partial charge in [-0.15, -0.1) is 0 Å². The van der Waals surface area contributed by atoms with Crippen LogP contribution in [0.3, 0.4) is 0 Å². The molecule has 13 nitrogen and oxygen atoms in total. The zero-order valence-electron chi connectivity index (χ0n) is 32.4. The number of nitrogens with zero attached hydrogens (tertiary/aromatic N) is 2. The number of hydrogen-bond donors (Lipinski definition) is 4. The van der Waals surface area contributed by atoms with Crippen LogP contribution < -0.4 is 16.0 Å². The normalized spacial score (nSPS) is 19.5. The molecule has 0 saturated carbocycles. The fourth-order valence-electron chi connectivity index (χ4n) is 6.50. The quantitative estimate of drug-likeness (QED) is 0.200. The van der Waals surface area contributed by atoms with Crippen molar-refractivity contribution in [2.24, 2.45) is 11.8 Å². The van der Waals surface area contributed by atoms with Crippen LogP contribution in [-0.4, -0.2) is 122 Å². The summed E-state index contributed by atoms with van der Waals surface area (Å²) in [6.07, 6.45) is 3.84. The molecular formula is C38H65N5O8. The van der Waals surface area contributed by atoms with Crippen molar-refractivity contribution in [2.45, 2.75) is 117 Å². The highest BCUT2D eigenvalue weighted by molar-refractivity contribution is 5.88. The molecule has 2 heterocycles. The van der Waals surface area contributed by atoms with Gasteiger partial charge in [-0.2, -0.15) is 0 Å². The number of amides is 4. The van der Waals surface area contributed by atoms with Crippen LogP contribution in [0.5, 0.6) is 0 Å². The van der Waals surface area contributed by atoms with Gasteiger partial charge in [0, 0.05) is 27.8 Å². The van der Waals surface area contributed by atoms with Gasteiger partial charge < -0.3 is 40.3 Å². The molecule has 13 heteroatoms. The molecule has 2 aliphatic rings. The lowest BCUT2D eigenvalue weighted by Gasteiger charge is -2.39. The Morgan fingerprint density at radius 1 is 0.980 bits per heavy atom. The first kappa shape index (κ1) is 45.5. The number of benzene rings is 1. The van der Waals surface area contributed by atoms with Crippen LogP contribution in [0.15, 0.2) is 30.3 Å². The lowest BCUT2D eigenvalue weighted by molar-refractivity contribution is -0.146. The van der Waals surface area contributed by atoms with Crippen LogP contribution in [0.2, 0.25) is 0 Å². The summed E-state index contributed by atoms with van der Waals surface area (Å²) in [5.41, 5.74) is 1.32. The van der Waals surface area contributed by atoms with E-state index in [4.69, 9.17) is 14.6 Å². The third-order valence-corrected chi connectivity index (χ3v) is 9.45. The first-order chi connectivity index (χ1) is 24.3. The smallest absolute Gasteiger partial charge is 0.322 e. The van der Waals surface area contributed by atoms with Gasteiger partial charge in [0.15, 0.2) is 0 Å². The van der Waals surface area contributed by atoms with Crippen molar-refractivity contribution in [3.63, 3.8) is 0 Å². The van der Waals surface area contributed by atoms with Crippen molar-refractivity contribution >= 4 is 29.6 Å². The Morgan fingerprint density at radius 2 is 1.63 bits per heavy atom. The summed E-state index contributed by atoms with van der Waals surface area (Å²) in [4.78, 5) is 65.9. The van der Waals surface area contributed by atoms with E-state index >= 15 is 0 Å². The topological polar surface area (TPSA) is 167 Å². The Hall–Kier alpha value is -3.55. The first-order valence-electron chi connectivity index (χ1n) is 18.4. The highest BCUT2D eigenvalue weighted by Gasteiger charge is 2.42. The maximum absolute atomic E-state index is 13.7. The minimum Gasteiger partial charge on any atom is -0.480 e. The number of carboxylic acid groups (broad SMARTS) is 1. The Balaban J connectivity index is 0.00000112. The molecule has 1 aromatic rings. The maximum atomic E-state index is 13.7. The van der Waals surface area contributed by atoms with Gasteiger partial charge in [-0.25, -0.2) is 0 Å². The van der Waals surface area contributed by atoms with Gasteiger partial charge in [0.25, 0.3) is 0 Å². The number of aryl methyl sites for hydroxylation is 1. The number of carbonyl (C=O) groups is 5. The van der Waals surface area contributed by atoms with E-state index in [1.807, 2.05) is 32.0 Å². The van der Waals surface area contributed by atoms with Gasteiger partial charge in [-0.05, 0) is 45.1 Å².